The summed E-state index contributed by atoms with van der Waals surface area (Å²) < 4.78 is 22.1. The van der Waals surface area contributed by atoms with Crippen LogP contribution in [0.4, 0.5) is 10.2 Å². The number of hydrogen-bond donors (Lipinski definition) is 1. The summed E-state index contributed by atoms with van der Waals surface area (Å²) in [6.07, 6.45) is 6.92. The van der Waals surface area contributed by atoms with Crippen LogP contribution in [0.3, 0.4) is 0 Å². The van der Waals surface area contributed by atoms with Gasteiger partial charge >= 0.3 is 0 Å². The standard InChI is InChI=1S/C21H21FN6O/c1-12-11-29-20-17(7-15(22)9-23-20)21-8-14(21)3-5-27(21)18-4-6-28-19(26-18)16(10-24-28)13(2)25-12/h4,6-7,9-10,12,14,25H,2-3,5,8,11H2,1H3/t12-,14+,21-/m1/s1. The van der Waals surface area contributed by atoms with E-state index in [1.165, 1.54) is 6.20 Å². The predicted molar refractivity (Wildman–Crippen MR) is 106 cm³/mol. The number of rotatable bonds is 0. The molecule has 0 unspecified atom stereocenters. The van der Waals surface area contributed by atoms with Gasteiger partial charge in [-0.15, -0.1) is 0 Å². The molecular formula is C21H21FN6O. The van der Waals surface area contributed by atoms with Gasteiger partial charge in [0.05, 0.1) is 29.5 Å². The molecule has 5 heterocycles. The lowest BCUT2D eigenvalue weighted by Crippen LogP contribution is -2.35. The molecule has 1 saturated heterocycles. The first-order valence-corrected chi connectivity index (χ1v) is 9.93. The molecule has 2 aliphatic heterocycles. The highest BCUT2D eigenvalue weighted by atomic mass is 19.1. The van der Waals surface area contributed by atoms with Crippen molar-refractivity contribution in [3.8, 4) is 5.88 Å². The first kappa shape index (κ1) is 16.8. The van der Waals surface area contributed by atoms with Crippen molar-refractivity contribution in [2.45, 2.75) is 31.3 Å². The van der Waals surface area contributed by atoms with Crippen LogP contribution in [0.5, 0.6) is 5.88 Å². The number of hydrogen-bond acceptors (Lipinski definition) is 6. The van der Waals surface area contributed by atoms with E-state index in [4.69, 9.17) is 9.72 Å². The van der Waals surface area contributed by atoms with Crippen LogP contribution in [-0.4, -0.2) is 38.8 Å². The van der Waals surface area contributed by atoms with Crippen LogP contribution in [-0.2, 0) is 5.54 Å². The molecule has 2 bridgehead atoms. The van der Waals surface area contributed by atoms with Crippen LogP contribution >= 0.6 is 0 Å². The Kier molecular flexibility index (Phi) is 3.29. The topological polar surface area (TPSA) is 67.6 Å². The third kappa shape index (κ3) is 2.31. The summed E-state index contributed by atoms with van der Waals surface area (Å²) in [7, 11) is 0. The van der Waals surface area contributed by atoms with Crippen molar-refractivity contribution < 1.29 is 9.13 Å². The number of fused-ring (bicyclic) bond motifs is 3. The molecule has 1 aliphatic carbocycles. The van der Waals surface area contributed by atoms with E-state index in [1.807, 2.05) is 19.2 Å². The van der Waals surface area contributed by atoms with E-state index in [-0.39, 0.29) is 17.4 Å². The smallest absolute Gasteiger partial charge is 0.219 e. The number of ether oxygens (including phenoxy) is 1. The molecule has 3 aliphatic rings. The summed E-state index contributed by atoms with van der Waals surface area (Å²) in [6, 6.07) is 3.53. The highest BCUT2D eigenvalue weighted by Crippen LogP contribution is 2.64. The first-order valence-electron chi connectivity index (χ1n) is 9.93. The van der Waals surface area contributed by atoms with Gasteiger partial charge in [-0.05, 0) is 37.8 Å². The summed E-state index contributed by atoms with van der Waals surface area (Å²) in [5, 5.41) is 7.77. The quantitative estimate of drug-likeness (QED) is 0.635. The third-order valence-electron chi connectivity index (χ3n) is 6.39. The maximum absolute atomic E-state index is 14.2. The first-order chi connectivity index (χ1) is 14.1. The van der Waals surface area contributed by atoms with Gasteiger partial charge < -0.3 is 15.0 Å². The Hall–Kier alpha value is -3.16. The minimum Gasteiger partial charge on any atom is -0.475 e. The highest BCUT2D eigenvalue weighted by molar-refractivity contribution is 5.74. The van der Waals surface area contributed by atoms with Gasteiger partial charge in [0.2, 0.25) is 5.88 Å². The van der Waals surface area contributed by atoms with Gasteiger partial charge in [0, 0.05) is 24.0 Å². The number of nitrogens with one attached hydrogen (secondary N) is 1. The Bertz CT molecular complexity index is 1160. The maximum Gasteiger partial charge on any atom is 0.219 e. The lowest BCUT2D eigenvalue weighted by molar-refractivity contribution is 0.268. The van der Waals surface area contributed by atoms with Crippen LogP contribution in [0, 0.1) is 11.7 Å². The molecule has 29 heavy (non-hydrogen) atoms. The Labute approximate surface area is 167 Å². The zero-order valence-electron chi connectivity index (χ0n) is 16.1. The van der Waals surface area contributed by atoms with E-state index in [1.54, 1.807) is 16.8 Å². The molecule has 7 nitrogen and oxygen atoms in total. The second kappa shape index (κ2) is 5.68. The summed E-state index contributed by atoms with van der Waals surface area (Å²) in [5.41, 5.74) is 2.87. The number of aromatic nitrogens is 4. The van der Waals surface area contributed by atoms with Crippen LogP contribution in [0.15, 0.2) is 37.3 Å². The van der Waals surface area contributed by atoms with Crippen molar-refractivity contribution in [3.63, 3.8) is 0 Å². The molecule has 148 valence electrons. The summed E-state index contributed by atoms with van der Waals surface area (Å²) in [6.45, 7) is 7.44. The van der Waals surface area contributed by atoms with E-state index >= 15 is 0 Å². The van der Waals surface area contributed by atoms with Gasteiger partial charge in [-0.25, -0.2) is 18.9 Å². The van der Waals surface area contributed by atoms with Gasteiger partial charge in [0.15, 0.2) is 5.65 Å². The zero-order chi connectivity index (χ0) is 19.8. The molecule has 3 aromatic rings. The molecule has 0 radical (unpaired) electrons. The van der Waals surface area contributed by atoms with Crippen LogP contribution in [0.1, 0.15) is 30.9 Å². The zero-order valence-corrected chi connectivity index (χ0v) is 16.1. The lowest BCUT2D eigenvalue weighted by atomic mass is 10.0. The molecular weight excluding hydrogens is 371 g/mol. The minimum atomic E-state index is -0.343. The predicted octanol–water partition coefficient (Wildman–Crippen LogP) is 2.73. The second-order valence-electron chi connectivity index (χ2n) is 8.22. The van der Waals surface area contributed by atoms with Gasteiger partial charge in [0.25, 0.3) is 0 Å². The monoisotopic (exact) mass is 392 g/mol. The van der Waals surface area contributed by atoms with Crippen molar-refractivity contribution >= 4 is 17.2 Å². The molecule has 0 amide bonds. The van der Waals surface area contributed by atoms with E-state index < -0.39 is 0 Å². The Morgan fingerprint density at radius 3 is 3.14 bits per heavy atom. The molecule has 0 aromatic carbocycles. The van der Waals surface area contributed by atoms with E-state index in [9.17, 15) is 4.39 Å². The average molecular weight is 392 g/mol. The van der Waals surface area contributed by atoms with E-state index in [2.05, 4.69) is 26.9 Å². The summed E-state index contributed by atoms with van der Waals surface area (Å²) in [4.78, 5) is 11.5. The minimum absolute atomic E-state index is 0.0201. The van der Waals surface area contributed by atoms with E-state index in [0.717, 1.165) is 47.7 Å². The molecule has 3 atom stereocenters. The number of nitrogens with zero attached hydrogens (tertiary/aromatic N) is 5. The SMILES string of the molecule is C=C1N[C@H](C)COc2ncc(F)cc2[C@@]23C[C@@H]2CCN3c2ccn3ncc1c3n2. The molecule has 1 spiro atoms. The molecule has 8 heteroatoms. The second-order valence-corrected chi connectivity index (χ2v) is 8.22. The van der Waals surface area contributed by atoms with Gasteiger partial charge in [-0.3, -0.25) is 0 Å². The number of halogens is 1. The Morgan fingerprint density at radius 1 is 1.38 bits per heavy atom. The highest BCUT2D eigenvalue weighted by Gasteiger charge is 2.65. The van der Waals surface area contributed by atoms with Crippen LogP contribution in [0.25, 0.3) is 11.3 Å². The molecule has 2 fully saturated rings. The van der Waals surface area contributed by atoms with Crippen molar-refractivity contribution in [1.82, 2.24) is 24.9 Å². The van der Waals surface area contributed by atoms with Crippen molar-refractivity contribution in [3.05, 3.63) is 54.2 Å². The number of anilines is 1. The Balaban J connectivity index is 1.57. The molecule has 6 rings (SSSR count). The third-order valence-corrected chi connectivity index (χ3v) is 6.39. The van der Waals surface area contributed by atoms with Crippen LogP contribution < -0.4 is 15.0 Å². The lowest BCUT2D eigenvalue weighted by Gasteiger charge is -2.31. The Morgan fingerprint density at radius 2 is 2.28 bits per heavy atom. The van der Waals surface area contributed by atoms with Gasteiger partial charge in [0.1, 0.15) is 18.2 Å². The summed E-state index contributed by atoms with van der Waals surface area (Å²) >= 11 is 0. The molecule has 1 saturated carbocycles. The fraction of sp³-hybridized carbons (Fsp3) is 0.381. The van der Waals surface area contributed by atoms with Crippen molar-refractivity contribution in [1.29, 1.82) is 0 Å². The van der Waals surface area contributed by atoms with Gasteiger partial charge in [-0.1, -0.05) is 6.58 Å². The molecule has 1 N–H and O–H groups in total. The number of pyridine rings is 1. The van der Waals surface area contributed by atoms with Crippen LogP contribution in [0.2, 0.25) is 0 Å². The summed E-state index contributed by atoms with van der Waals surface area (Å²) in [5.74, 6) is 1.47. The normalized spacial score (nSPS) is 27.8. The average Bonchev–Trinajstić information content (AvgIpc) is 3.09. The number of piperidine rings is 1. The maximum atomic E-state index is 14.2. The van der Waals surface area contributed by atoms with Gasteiger partial charge in [-0.2, -0.15) is 5.10 Å². The fourth-order valence-electron chi connectivity index (χ4n) is 4.96. The van der Waals surface area contributed by atoms with Crippen molar-refractivity contribution in [2.24, 2.45) is 5.92 Å². The molecule has 3 aromatic heterocycles. The van der Waals surface area contributed by atoms with E-state index in [0.29, 0.717) is 18.4 Å². The fourth-order valence-corrected chi connectivity index (χ4v) is 4.96. The van der Waals surface area contributed by atoms with Crippen molar-refractivity contribution in [2.75, 3.05) is 18.1 Å². The largest absolute Gasteiger partial charge is 0.475 e.